The molecule has 14 heavy (non-hydrogen) atoms. The molecule has 0 bridgehead atoms. The molecule has 1 N–H and O–H groups in total. The molecular formula is C10H15ClN2O. The zero-order valence-electron chi connectivity index (χ0n) is 8.12. The van der Waals surface area contributed by atoms with Crippen LogP contribution in [0.1, 0.15) is 24.2 Å². The van der Waals surface area contributed by atoms with Gasteiger partial charge in [-0.1, -0.05) is 0 Å². The first kappa shape index (κ1) is 9.99. The number of aliphatic hydroxyl groups excluding tert-OH is 1. The highest BCUT2D eigenvalue weighted by atomic mass is 35.5. The fourth-order valence-electron chi connectivity index (χ4n) is 1.96. The Balaban J connectivity index is 2.14. The normalized spacial score (nSPS) is 17.9. The lowest BCUT2D eigenvalue weighted by Gasteiger charge is -2.15. The molecule has 0 saturated heterocycles. The van der Waals surface area contributed by atoms with Gasteiger partial charge >= 0.3 is 0 Å². The van der Waals surface area contributed by atoms with E-state index >= 15 is 0 Å². The van der Waals surface area contributed by atoms with Crippen molar-refractivity contribution in [2.45, 2.75) is 38.3 Å². The smallest absolute Gasteiger partial charge is 0.0952 e. The number of hydrogen-bond acceptors (Lipinski definition) is 2. The van der Waals surface area contributed by atoms with Crippen LogP contribution < -0.4 is 0 Å². The highest BCUT2D eigenvalue weighted by molar-refractivity contribution is 6.18. The number of imidazole rings is 1. The molecule has 0 spiro atoms. The van der Waals surface area contributed by atoms with Gasteiger partial charge < -0.3 is 9.67 Å². The van der Waals surface area contributed by atoms with E-state index in [9.17, 15) is 5.11 Å². The molecule has 0 saturated carbocycles. The first-order valence-corrected chi connectivity index (χ1v) is 5.61. The summed E-state index contributed by atoms with van der Waals surface area (Å²) < 4.78 is 2.04. The molecule has 4 heteroatoms. The Morgan fingerprint density at radius 3 is 3.07 bits per heavy atom. The molecule has 0 amide bonds. The molecule has 1 aromatic heterocycles. The summed E-state index contributed by atoms with van der Waals surface area (Å²) in [7, 11) is 0. The van der Waals surface area contributed by atoms with E-state index in [4.69, 9.17) is 11.6 Å². The highest BCUT2D eigenvalue weighted by Crippen LogP contribution is 2.19. The van der Waals surface area contributed by atoms with Gasteiger partial charge in [0, 0.05) is 5.69 Å². The van der Waals surface area contributed by atoms with Crippen molar-refractivity contribution < 1.29 is 5.11 Å². The van der Waals surface area contributed by atoms with Crippen LogP contribution in [0.3, 0.4) is 0 Å². The average Bonchev–Trinajstić information content (AvgIpc) is 2.62. The second-order valence-corrected chi connectivity index (χ2v) is 4.11. The lowest BCUT2D eigenvalue weighted by molar-refractivity contribution is 0.175. The zero-order chi connectivity index (χ0) is 9.97. The summed E-state index contributed by atoms with van der Waals surface area (Å²) in [5, 5.41) is 9.45. The third kappa shape index (κ3) is 1.93. The first-order valence-electron chi connectivity index (χ1n) is 5.08. The molecule has 1 aromatic rings. The summed E-state index contributed by atoms with van der Waals surface area (Å²) in [5.41, 5.74) is 2.50. The summed E-state index contributed by atoms with van der Waals surface area (Å²) >= 11 is 5.57. The molecule has 2 rings (SSSR count). The van der Waals surface area contributed by atoms with Crippen LogP contribution in [0, 0.1) is 0 Å². The monoisotopic (exact) mass is 214 g/mol. The van der Waals surface area contributed by atoms with Crippen LogP contribution in [0.15, 0.2) is 6.33 Å². The van der Waals surface area contributed by atoms with Gasteiger partial charge in [0.2, 0.25) is 0 Å². The largest absolute Gasteiger partial charge is 0.390 e. The van der Waals surface area contributed by atoms with Crippen LogP contribution in [0.2, 0.25) is 0 Å². The molecule has 1 aliphatic rings. The lowest BCUT2D eigenvalue weighted by Crippen LogP contribution is -2.19. The second-order valence-electron chi connectivity index (χ2n) is 3.81. The Hall–Kier alpha value is -0.540. The molecule has 1 aliphatic carbocycles. The fraction of sp³-hybridized carbons (Fsp3) is 0.700. The summed E-state index contributed by atoms with van der Waals surface area (Å²) in [6.45, 7) is 0.575. The van der Waals surface area contributed by atoms with Gasteiger partial charge in [0.05, 0.1) is 30.5 Å². The molecule has 0 radical (unpaired) electrons. The van der Waals surface area contributed by atoms with Gasteiger partial charge in [-0.25, -0.2) is 4.98 Å². The minimum atomic E-state index is -0.461. The molecule has 3 nitrogen and oxygen atoms in total. The number of hydrogen-bond donors (Lipinski definition) is 1. The number of fused-ring (bicyclic) bond motifs is 1. The number of rotatable bonds is 3. The van der Waals surface area contributed by atoms with Crippen molar-refractivity contribution in [1.29, 1.82) is 0 Å². The van der Waals surface area contributed by atoms with E-state index in [2.05, 4.69) is 4.98 Å². The van der Waals surface area contributed by atoms with Crippen LogP contribution in [0.25, 0.3) is 0 Å². The van der Waals surface area contributed by atoms with Crippen molar-refractivity contribution in [1.82, 2.24) is 9.55 Å². The molecule has 0 aliphatic heterocycles. The Morgan fingerprint density at radius 2 is 2.29 bits per heavy atom. The minimum absolute atomic E-state index is 0.285. The Labute approximate surface area is 88.7 Å². The van der Waals surface area contributed by atoms with Crippen molar-refractivity contribution in [3.8, 4) is 0 Å². The van der Waals surface area contributed by atoms with Crippen LogP contribution in [-0.4, -0.2) is 26.6 Å². The maximum atomic E-state index is 9.45. The number of aliphatic hydroxyl groups is 1. The van der Waals surface area contributed by atoms with Gasteiger partial charge in [-0.15, -0.1) is 11.6 Å². The Kier molecular flexibility index (Phi) is 3.08. The average molecular weight is 215 g/mol. The number of aromatic nitrogens is 2. The van der Waals surface area contributed by atoms with E-state index in [1.165, 1.54) is 24.2 Å². The number of nitrogens with zero attached hydrogens (tertiary/aromatic N) is 2. The van der Waals surface area contributed by atoms with E-state index < -0.39 is 6.10 Å². The molecular weight excluding hydrogens is 200 g/mol. The van der Waals surface area contributed by atoms with Gasteiger partial charge in [-0.3, -0.25) is 0 Å². The predicted molar refractivity (Wildman–Crippen MR) is 55.6 cm³/mol. The van der Waals surface area contributed by atoms with E-state index in [1.54, 1.807) is 0 Å². The van der Waals surface area contributed by atoms with Gasteiger partial charge in [-0.05, 0) is 25.7 Å². The molecule has 0 fully saturated rings. The van der Waals surface area contributed by atoms with Gasteiger partial charge in [0.15, 0.2) is 0 Å². The predicted octanol–water partition coefficient (Wildman–Crippen LogP) is 1.36. The minimum Gasteiger partial charge on any atom is -0.390 e. The molecule has 1 heterocycles. The van der Waals surface area contributed by atoms with Crippen LogP contribution in [-0.2, 0) is 19.4 Å². The van der Waals surface area contributed by atoms with Crippen molar-refractivity contribution in [2.24, 2.45) is 0 Å². The summed E-state index contributed by atoms with van der Waals surface area (Å²) in [6.07, 6.45) is 6.00. The molecule has 0 aromatic carbocycles. The Bertz CT molecular complexity index is 311. The van der Waals surface area contributed by atoms with E-state index in [1.807, 2.05) is 10.9 Å². The lowest BCUT2D eigenvalue weighted by atomic mass is 10.0. The number of halogens is 1. The highest BCUT2D eigenvalue weighted by Gasteiger charge is 2.16. The topological polar surface area (TPSA) is 38.0 Å². The van der Waals surface area contributed by atoms with Crippen molar-refractivity contribution >= 4 is 11.6 Å². The molecule has 78 valence electrons. The van der Waals surface area contributed by atoms with E-state index in [0.717, 1.165) is 12.8 Å². The van der Waals surface area contributed by atoms with Crippen molar-refractivity contribution in [3.05, 3.63) is 17.7 Å². The second kappa shape index (κ2) is 4.32. The van der Waals surface area contributed by atoms with E-state index in [-0.39, 0.29) is 5.88 Å². The van der Waals surface area contributed by atoms with Crippen molar-refractivity contribution in [2.75, 3.05) is 5.88 Å². The van der Waals surface area contributed by atoms with Crippen LogP contribution in [0.5, 0.6) is 0 Å². The van der Waals surface area contributed by atoms with Gasteiger partial charge in [0.1, 0.15) is 0 Å². The SMILES string of the molecule is OC(CCl)Cn1cnc2c1CCCC2. The van der Waals surface area contributed by atoms with Gasteiger partial charge in [0.25, 0.3) is 0 Å². The van der Waals surface area contributed by atoms with E-state index in [0.29, 0.717) is 6.54 Å². The maximum absolute atomic E-state index is 9.45. The quantitative estimate of drug-likeness (QED) is 0.772. The van der Waals surface area contributed by atoms with Crippen LogP contribution >= 0.6 is 11.6 Å². The number of aryl methyl sites for hydroxylation is 1. The number of alkyl halides is 1. The third-order valence-corrected chi connectivity index (χ3v) is 3.05. The van der Waals surface area contributed by atoms with Gasteiger partial charge in [-0.2, -0.15) is 0 Å². The summed E-state index contributed by atoms with van der Waals surface area (Å²) in [4.78, 5) is 4.35. The summed E-state index contributed by atoms with van der Waals surface area (Å²) in [5.74, 6) is 0.285. The fourth-order valence-corrected chi connectivity index (χ4v) is 2.06. The summed E-state index contributed by atoms with van der Waals surface area (Å²) in [6, 6.07) is 0. The third-order valence-electron chi connectivity index (χ3n) is 2.70. The molecule has 1 atom stereocenters. The Morgan fingerprint density at radius 1 is 1.50 bits per heavy atom. The zero-order valence-corrected chi connectivity index (χ0v) is 8.87. The molecule has 1 unspecified atom stereocenters. The van der Waals surface area contributed by atoms with Crippen molar-refractivity contribution in [3.63, 3.8) is 0 Å². The first-order chi connectivity index (χ1) is 6.81. The van der Waals surface area contributed by atoms with Crippen LogP contribution in [0.4, 0.5) is 0 Å². The standard InChI is InChI=1S/C10H15ClN2O/c11-5-8(14)6-13-7-12-9-3-1-2-4-10(9)13/h7-8,14H,1-6H2. The maximum Gasteiger partial charge on any atom is 0.0952 e.